The van der Waals surface area contributed by atoms with Crippen molar-refractivity contribution in [2.75, 3.05) is 32.0 Å². The van der Waals surface area contributed by atoms with Gasteiger partial charge in [-0.1, -0.05) is 19.4 Å². The highest BCUT2D eigenvalue weighted by molar-refractivity contribution is 8.45. The quantitative estimate of drug-likeness (QED) is 0.341. The molecule has 190 valence electrons. The number of imidazole rings is 1. The van der Waals surface area contributed by atoms with Gasteiger partial charge in [-0.15, -0.1) is 0 Å². The number of amides is 1. The van der Waals surface area contributed by atoms with Crippen LogP contribution < -0.4 is 5.73 Å². The van der Waals surface area contributed by atoms with Crippen molar-refractivity contribution in [3.63, 3.8) is 0 Å². The number of rotatable bonds is 4. The number of likely N-dealkylation sites (tertiary alicyclic amines) is 1. The number of H-pyrrole nitrogens is 1. The van der Waals surface area contributed by atoms with Crippen LogP contribution in [0.4, 0.5) is 25.1 Å². The Morgan fingerprint density at radius 3 is 2.46 bits per heavy atom. The fourth-order valence-electron chi connectivity index (χ4n) is 4.77. The molecule has 7 nitrogen and oxygen atoms in total. The van der Waals surface area contributed by atoms with E-state index in [1.54, 1.807) is 6.20 Å². The summed E-state index contributed by atoms with van der Waals surface area (Å²) in [4.78, 5) is 24.6. The van der Waals surface area contributed by atoms with E-state index in [1.165, 1.54) is 4.90 Å². The number of fused-ring (bicyclic) bond motifs is 1. The number of nitrogens with one attached hydrogen (secondary N) is 1. The fourth-order valence-corrected chi connectivity index (χ4v) is 5.45. The molecule has 0 spiro atoms. The second-order valence-corrected chi connectivity index (χ2v) is 11.5. The summed E-state index contributed by atoms with van der Waals surface area (Å²) in [6.45, 7) is 1.99. The monoisotopic (exact) mass is 517 g/mol. The SMILES string of the molecule is Nc1cc(S(F)(F)(F)(F)F)ccc1C(=O)N1CCC(c2ccnc3nc([C@H]4CCOC4)[nH]c23)CC1. The lowest BCUT2D eigenvalue weighted by Crippen LogP contribution is -2.38. The Balaban J connectivity index is 1.31. The van der Waals surface area contributed by atoms with Gasteiger partial charge in [0.1, 0.15) is 10.7 Å². The zero-order valence-electron chi connectivity index (χ0n) is 18.5. The van der Waals surface area contributed by atoms with Crippen molar-refractivity contribution in [3.05, 3.63) is 47.4 Å². The number of carbonyl (C=O) groups is 1. The maximum atomic E-state index is 13.1. The number of nitrogens with two attached hydrogens (primary N) is 1. The van der Waals surface area contributed by atoms with Crippen molar-refractivity contribution in [1.29, 1.82) is 0 Å². The molecule has 3 N–H and O–H groups in total. The van der Waals surface area contributed by atoms with Crippen molar-refractivity contribution in [1.82, 2.24) is 19.9 Å². The molecule has 2 aliphatic rings. The number of nitrogens with zero attached hydrogens (tertiary/aromatic N) is 3. The van der Waals surface area contributed by atoms with Crippen LogP contribution in [0.2, 0.25) is 0 Å². The van der Waals surface area contributed by atoms with Crippen molar-refractivity contribution >= 4 is 33.0 Å². The Bertz CT molecular complexity index is 1300. The summed E-state index contributed by atoms with van der Waals surface area (Å²) >= 11 is 0. The predicted octanol–water partition coefficient (Wildman–Crippen LogP) is 5.72. The molecule has 2 fully saturated rings. The zero-order valence-corrected chi connectivity index (χ0v) is 19.3. The average Bonchev–Trinajstić information content (AvgIpc) is 3.47. The van der Waals surface area contributed by atoms with E-state index in [1.807, 2.05) is 6.07 Å². The number of piperidine rings is 1. The van der Waals surface area contributed by atoms with Gasteiger partial charge in [0.25, 0.3) is 5.91 Å². The Morgan fingerprint density at radius 2 is 1.83 bits per heavy atom. The molecular formula is C22H24F5N5O2S. The third-order valence-corrected chi connectivity index (χ3v) is 7.82. The van der Waals surface area contributed by atoms with Gasteiger partial charge in [-0.25, -0.2) is 9.97 Å². The summed E-state index contributed by atoms with van der Waals surface area (Å²) in [6, 6.07) is 3.01. The van der Waals surface area contributed by atoms with Gasteiger partial charge >= 0.3 is 10.2 Å². The number of hydrogen-bond donors (Lipinski definition) is 2. The molecule has 0 saturated carbocycles. The molecule has 2 saturated heterocycles. The molecule has 1 aromatic carbocycles. The van der Waals surface area contributed by atoms with Gasteiger partial charge in [-0.2, -0.15) is 0 Å². The van der Waals surface area contributed by atoms with Gasteiger partial charge in [0.05, 0.1) is 17.7 Å². The number of ether oxygens (including phenoxy) is 1. The van der Waals surface area contributed by atoms with Crippen molar-refractivity contribution < 1.29 is 29.0 Å². The molecule has 13 heteroatoms. The number of halogens is 5. The normalized spacial score (nSPS) is 21.7. The number of aromatic amines is 1. The molecular weight excluding hydrogens is 493 g/mol. The van der Waals surface area contributed by atoms with Crippen LogP contribution in [-0.2, 0) is 4.74 Å². The largest absolute Gasteiger partial charge is 0.398 e. The third-order valence-electron chi connectivity index (χ3n) is 6.68. The van der Waals surface area contributed by atoms with Crippen LogP contribution in [0.5, 0.6) is 0 Å². The average molecular weight is 518 g/mol. The number of benzene rings is 1. The molecule has 0 bridgehead atoms. The first-order chi connectivity index (χ1) is 16.3. The Labute approximate surface area is 197 Å². The molecule has 4 heterocycles. The van der Waals surface area contributed by atoms with Crippen molar-refractivity contribution in [3.8, 4) is 0 Å². The molecule has 1 amide bonds. The maximum absolute atomic E-state index is 13.1. The summed E-state index contributed by atoms with van der Waals surface area (Å²) in [5.74, 6) is 0.577. The van der Waals surface area contributed by atoms with E-state index in [4.69, 9.17) is 10.5 Å². The van der Waals surface area contributed by atoms with E-state index >= 15 is 0 Å². The van der Waals surface area contributed by atoms with Gasteiger partial charge in [-0.05, 0) is 55.0 Å². The van der Waals surface area contributed by atoms with E-state index in [0.717, 1.165) is 29.4 Å². The van der Waals surface area contributed by atoms with Gasteiger partial charge in [0, 0.05) is 37.5 Å². The molecule has 1 atom stereocenters. The minimum Gasteiger partial charge on any atom is -0.398 e. The summed E-state index contributed by atoms with van der Waals surface area (Å²) in [7, 11) is -9.88. The van der Waals surface area contributed by atoms with Crippen LogP contribution >= 0.6 is 10.2 Å². The Morgan fingerprint density at radius 1 is 1.09 bits per heavy atom. The number of pyridine rings is 1. The number of nitrogen functional groups attached to an aromatic ring is 1. The molecule has 5 rings (SSSR count). The van der Waals surface area contributed by atoms with Crippen LogP contribution in [0.15, 0.2) is 35.4 Å². The first kappa shape index (κ1) is 23.8. The molecule has 0 radical (unpaired) electrons. The second-order valence-electron chi connectivity index (χ2n) is 9.07. The second kappa shape index (κ2) is 7.53. The van der Waals surface area contributed by atoms with Gasteiger partial charge in [-0.3, -0.25) is 4.79 Å². The first-order valence-electron chi connectivity index (χ1n) is 11.2. The number of aromatic nitrogens is 3. The highest BCUT2D eigenvalue weighted by Gasteiger charge is 2.65. The summed E-state index contributed by atoms with van der Waals surface area (Å²) < 4.78 is 70.7. The highest BCUT2D eigenvalue weighted by Crippen LogP contribution is 3.02. The maximum Gasteiger partial charge on any atom is 0.310 e. The van der Waals surface area contributed by atoms with Crippen LogP contribution in [-0.4, -0.2) is 52.1 Å². The molecule has 2 aromatic heterocycles. The third kappa shape index (κ3) is 4.66. The summed E-state index contributed by atoms with van der Waals surface area (Å²) in [5, 5.41) is 0. The smallest absolute Gasteiger partial charge is 0.310 e. The molecule has 2 aliphatic heterocycles. The summed E-state index contributed by atoms with van der Waals surface area (Å²) in [5.41, 5.74) is 7.26. The standard InChI is InChI=1S/C22H24F5N5O2S/c23-35(24,25,26,27)15-1-2-17(18(28)11-15)22(33)32-8-4-13(5-9-32)16-3-7-29-21-19(16)30-20(31-21)14-6-10-34-12-14/h1-3,7,11,13-14H,4-6,8-10,12,28H2,(H,29,30,31)/t14-/m0/s1. The van der Waals surface area contributed by atoms with E-state index < -0.39 is 26.7 Å². The van der Waals surface area contributed by atoms with Crippen LogP contribution in [0.1, 0.15) is 52.8 Å². The number of anilines is 1. The van der Waals surface area contributed by atoms with Crippen LogP contribution in [0, 0.1) is 0 Å². The molecule has 35 heavy (non-hydrogen) atoms. The molecule has 3 aromatic rings. The van der Waals surface area contributed by atoms with E-state index in [-0.39, 0.29) is 29.5 Å². The van der Waals surface area contributed by atoms with E-state index in [0.29, 0.717) is 44.8 Å². The first-order valence-corrected chi connectivity index (χ1v) is 13.1. The number of hydrogen-bond acceptors (Lipinski definition) is 5. The lowest BCUT2D eigenvalue weighted by atomic mass is 9.89. The topological polar surface area (TPSA) is 97.1 Å². The minimum absolute atomic E-state index is 0.116. The zero-order chi connectivity index (χ0) is 25.1. The lowest BCUT2D eigenvalue weighted by molar-refractivity contribution is 0.0714. The molecule has 0 aliphatic carbocycles. The predicted molar refractivity (Wildman–Crippen MR) is 122 cm³/mol. The Kier molecular flexibility index (Phi) is 5.12. The van der Waals surface area contributed by atoms with Gasteiger partial charge in [0.15, 0.2) is 5.65 Å². The fraction of sp³-hybridized carbons (Fsp3) is 0.409. The van der Waals surface area contributed by atoms with E-state index in [9.17, 15) is 24.2 Å². The van der Waals surface area contributed by atoms with Crippen LogP contribution in [0.3, 0.4) is 0 Å². The van der Waals surface area contributed by atoms with Gasteiger partial charge < -0.3 is 20.4 Å². The van der Waals surface area contributed by atoms with Crippen molar-refractivity contribution in [2.24, 2.45) is 0 Å². The van der Waals surface area contributed by atoms with Crippen LogP contribution in [0.25, 0.3) is 11.2 Å². The highest BCUT2D eigenvalue weighted by atomic mass is 32.5. The Hall–Kier alpha value is -2.93. The molecule has 0 unspecified atom stereocenters. The summed E-state index contributed by atoms with van der Waals surface area (Å²) in [6.07, 6.45) is 3.80. The lowest BCUT2D eigenvalue weighted by Gasteiger charge is -2.40. The van der Waals surface area contributed by atoms with Crippen molar-refractivity contribution in [2.45, 2.75) is 36.0 Å². The van der Waals surface area contributed by atoms with E-state index in [2.05, 4.69) is 15.0 Å². The van der Waals surface area contributed by atoms with Gasteiger partial charge in [0.2, 0.25) is 0 Å². The minimum atomic E-state index is -9.88. The number of carbonyl (C=O) groups excluding carboxylic acids is 1.